The van der Waals surface area contributed by atoms with Crippen molar-refractivity contribution in [3.63, 3.8) is 0 Å². The summed E-state index contributed by atoms with van der Waals surface area (Å²) in [5, 5.41) is 0. The molecule has 0 aromatic carbocycles. The molecule has 0 aromatic rings. The fourth-order valence-electron chi connectivity index (χ4n) is 1.86. The number of rotatable bonds is 2. The molecule has 0 spiro atoms. The maximum atomic E-state index is 13.6. The van der Waals surface area contributed by atoms with Gasteiger partial charge in [-0.3, -0.25) is 0 Å². The molecule has 1 heterocycles. The first kappa shape index (κ1) is 11.1. The number of alkyl halides is 1. The highest BCUT2D eigenvalue weighted by Crippen LogP contribution is 2.62. The van der Waals surface area contributed by atoms with E-state index in [-0.39, 0.29) is 0 Å². The maximum Gasteiger partial charge on any atom is 0.231 e. The minimum absolute atomic E-state index is 0.494. The molecule has 1 fully saturated rings. The van der Waals surface area contributed by atoms with Crippen LogP contribution >= 0.6 is 7.49 Å². The molecule has 0 amide bonds. The van der Waals surface area contributed by atoms with Crippen LogP contribution in [0.15, 0.2) is 12.7 Å². The van der Waals surface area contributed by atoms with Gasteiger partial charge in [-0.1, -0.05) is 19.1 Å². The molecule has 1 nitrogen and oxygen atoms in total. The van der Waals surface area contributed by atoms with Crippen LogP contribution in [0.1, 0.15) is 32.1 Å². The van der Waals surface area contributed by atoms with Gasteiger partial charge in [0.1, 0.15) is 6.16 Å². The molecule has 1 aliphatic heterocycles. The predicted molar refractivity (Wildman–Crippen MR) is 57.1 cm³/mol. The average molecular weight is 205 g/mol. The first-order valence-electron chi connectivity index (χ1n) is 5.03. The number of hydrogen-bond acceptors (Lipinski definition) is 1. The molecule has 0 saturated carbocycles. The van der Waals surface area contributed by atoms with Crippen LogP contribution in [-0.4, -0.2) is 23.1 Å². The van der Waals surface area contributed by atoms with E-state index in [1.807, 2.05) is 0 Å². The second-order valence-corrected chi connectivity index (χ2v) is 7.17. The smallest absolute Gasteiger partial charge is 0.231 e. The molecule has 2 unspecified atom stereocenters. The third kappa shape index (κ3) is 3.03. The summed E-state index contributed by atoms with van der Waals surface area (Å²) in [6.07, 6.45) is 7.59. The Hall–Kier alpha value is 0.0600. The van der Waals surface area contributed by atoms with Gasteiger partial charge in [-0.25, -0.2) is 4.89 Å². The van der Waals surface area contributed by atoms with Crippen LogP contribution in [0, 0.1) is 0 Å². The van der Waals surface area contributed by atoms with Gasteiger partial charge in [0, 0.05) is 6.42 Å². The van der Waals surface area contributed by atoms with E-state index >= 15 is 0 Å². The van der Waals surface area contributed by atoms with Crippen LogP contribution in [-0.2, 0) is 0 Å². The zero-order valence-electron chi connectivity index (χ0n) is 8.08. The summed E-state index contributed by atoms with van der Waals surface area (Å²) in [6, 6.07) is 0. The van der Waals surface area contributed by atoms with Crippen LogP contribution in [0.2, 0.25) is 0 Å². The zero-order chi connectivity index (χ0) is 9.73. The summed E-state index contributed by atoms with van der Waals surface area (Å²) in [4.78, 5) is 10.1. The average Bonchev–Trinajstić information content (AvgIpc) is 2.09. The topological polar surface area (TPSA) is 20.2 Å². The second-order valence-electron chi connectivity index (χ2n) is 3.82. The molecule has 0 aromatic heterocycles. The summed E-state index contributed by atoms with van der Waals surface area (Å²) >= 11 is 0. The molecule has 2 atom stereocenters. The summed E-state index contributed by atoms with van der Waals surface area (Å²) in [5.74, 6) is -0.953. The van der Waals surface area contributed by atoms with Crippen LogP contribution in [0.5, 0.6) is 0 Å². The minimum atomic E-state index is -2.31. The lowest BCUT2D eigenvalue weighted by atomic mass is 10.2. The Balaban J connectivity index is 2.58. The molecule has 13 heavy (non-hydrogen) atoms. The Labute approximate surface area is 80.5 Å². The van der Waals surface area contributed by atoms with Crippen molar-refractivity contribution in [2.24, 2.45) is 0 Å². The standard InChI is InChI=1S/C10H19FOP/c1-2-8-13(12)9-6-4-3-5-7-10(13)11/h2,10,12H,1,3-9H2/q+1. The Kier molecular flexibility index (Phi) is 4.34. The van der Waals surface area contributed by atoms with E-state index in [1.165, 1.54) is 0 Å². The Bertz CT molecular complexity index is 174. The van der Waals surface area contributed by atoms with E-state index in [1.54, 1.807) is 6.08 Å². The lowest BCUT2D eigenvalue weighted by Crippen LogP contribution is -2.16. The highest BCUT2D eigenvalue weighted by atomic mass is 31.2. The van der Waals surface area contributed by atoms with Crippen molar-refractivity contribution >= 4 is 7.49 Å². The summed E-state index contributed by atoms with van der Waals surface area (Å²) in [7, 11) is -2.31. The third-order valence-electron chi connectivity index (χ3n) is 2.70. The first-order valence-corrected chi connectivity index (χ1v) is 7.21. The first-order chi connectivity index (χ1) is 6.19. The molecule has 1 rings (SSSR count). The molecular formula is C10H19FOP+. The van der Waals surface area contributed by atoms with Gasteiger partial charge < -0.3 is 0 Å². The monoisotopic (exact) mass is 205 g/mol. The van der Waals surface area contributed by atoms with E-state index < -0.39 is 13.4 Å². The lowest BCUT2D eigenvalue weighted by molar-refractivity contribution is 0.366. The molecular weight excluding hydrogens is 186 g/mol. The van der Waals surface area contributed by atoms with Crippen LogP contribution in [0.3, 0.4) is 0 Å². The van der Waals surface area contributed by atoms with Crippen molar-refractivity contribution in [1.29, 1.82) is 0 Å². The fourth-order valence-corrected chi connectivity index (χ4v) is 4.43. The number of hydrogen-bond donors (Lipinski definition) is 1. The van der Waals surface area contributed by atoms with Gasteiger partial charge in [0.2, 0.25) is 5.91 Å². The normalized spacial score (nSPS) is 36.3. The summed E-state index contributed by atoms with van der Waals surface area (Å²) < 4.78 is 13.6. The van der Waals surface area contributed by atoms with Gasteiger partial charge in [0.05, 0.1) is 6.16 Å². The Morgan fingerprint density at radius 3 is 2.77 bits per heavy atom. The molecule has 3 heteroatoms. The van der Waals surface area contributed by atoms with Crippen molar-refractivity contribution in [1.82, 2.24) is 0 Å². The number of halogens is 1. The predicted octanol–water partition coefficient (Wildman–Crippen LogP) is 3.36. The maximum absolute atomic E-state index is 13.6. The largest absolute Gasteiger partial charge is 0.248 e. The molecule has 1 N–H and O–H groups in total. The molecule has 0 aliphatic carbocycles. The SMILES string of the molecule is C=CC[P+]1(O)CCCCCCC1F. The lowest BCUT2D eigenvalue weighted by Gasteiger charge is -2.24. The van der Waals surface area contributed by atoms with Crippen molar-refractivity contribution in [3.05, 3.63) is 12.7 Å². The van der Waals surface area contributed by atoms with Gasteiger partial charge in [0.15, 0.2) is 7.49 Å². The van der Waals surface area contributed by atoms with Gasteiger partial charge in [0.25, 0.3) is 0 Å². The van der Waals surface area contributed by atoms with Crippen molar-refractivity contribution in [2.75, 3.05) is 12.3 Å². The van der Waals surface area contributed by atoms with Crippen LogP contribution < -0.4 is 0 Å². The summed E-state index contributed by atoms with van der Waals surface area (Å²) in [6.45, 7) is 3.59. The quantitative estimate of drug-likeness (QED) is 0.541. The highest BCUT2D eigenvalue weighted by Gasteiger charge is 2.43. The van der Waals surface area contributed by atoms with Gasteiger partial charge in [-0.05, 0) is 19.3 Å². The van der Waals surface area contributed by atoms with Crippen molar-refractivity contribution < 1.29 is 9.28 Å². The second kappa shape index (κ2) is 5.07. The van der Waals surface area contributed by atoms with E-state index in [0.717, 1.165) is 25.7 Å². The zero-order valence-corrected chi connectivity index (χ0v) is 8.98. The number of allylic oxidation sites excluding steroid dienone is 1. The van der Waals surface area contributed by atoms with Gasteiger partial charge in [-0.15, -0.1) is 0 Å². The summed E-state index contributed by atoms with van der Waals surface area (Å²) in [5.41, 5.74) is 0. The molecule has 0 radical (unpaired) electrons. The van der Waals surface area contributed by atoms with Gasteiger partial charge in [-0.2, -0.15) is 4.39 Å². The van der Waals surface area contributed by atoms with E-state index in [2.05, 4.69) is 6.58 Å². The van der Waals surface area contributed by atoms with Gasteiger partial charge >= 0.3 is 0 Å². The van der Waals surface area contributed by atoms with E-state index in [4.69, 9.17) is 0 Å². The van der Waals surface area contributed by atoms with E-state index in [0.29, 0.717) is 18.7 Å². The van der Waals surface area contributed by atoms with Crippen molar-refractivity contribution in [2.45, 2.75) is 38.0 Å². The molecule has 0 bridgehead atoms. The third-order valence-corrected chi connectivity index (χ3v) is 5.99. The molecule has 1 aliphatic rings. The molecule has 76 valence electrons. The Morgan fingerprint density at radius 1 is 1.38 bits per heavy atom. The van der Waals surface area contributed by atoms with Crippen LogP contribution in [0.4, 0.5) is 4.39 Å². The van der Waals surface area contributed by atoms with E-state index in [9.17, 15) is 9.28 Å². The highest BCUT2D eigenvalue weighted by molar-refractivity contribution is 7.71. The van der Waals surface area contributed by atoms with Crippen molar-refractivity contribution in [3.8, 4) is 0 Å². The Morgan fingerprint density at radius 2 is 2.08 bits per heavy atom. The fraction of sp³-hybridized carbons (Fsp3) is 0.800. The van der Waals surface area contributed by atoms with Crippen LogP contribution in [0.25, 0.3) is 0 Å². The minimum Gasteiger partial charge on any atom is -0.248 e. The molecule has 1 saturated heterocycles.